The van der Waals surface area contributed by atoms with Gasteiger partial charge in [-0.15, -0.1) is 10.2 Å². The second-order valence-electron chi connectivity index (χ2n) is 5.12. The van der Waals surface area contributed by atoms with Gasteiger partial charge >= 0.3 is 0 Å². The van der Waals surface area contributed by atoms with Crippen LogP contribution in [0.4, 0.5) is 15.2 Å². The van der Waals surface area contributed by atoms with E-state index in [0.29, 0.717) is 5.13 Å². The molecule has 0 aliphatic rings. The molecule has 0 aliphatic carbocycles. The Morgan fingerprint density at radius 3 is 2.57 bits per heavy atom. The quantitative estimate of drug-likeness (QED) is 0.672. The van der Waals surface area contributed by atoms with Crippen molar-refractivity contribution in [2.45, 2.75) is 12.8 Å². The number of benzene rings is 2. The zero-order valence-corrected chi connectivity index (χ0v) is 13.3. The van der Waals surface area contributed by atoms with Crippen LogP contribution in [0.3, 0.4) is 0 Å². The number of aryl methyl sites for hydroxylation is 1. The summed E-state index contributed by atoms with van der Waals surface area (Å²) in [4.78, 5) is 0. The largest absolute Gasteiger partial charge is 0.385 e. The van der Waals surface area contributed by atoms with E-state index in [2.05, 4.69) is 15.5 Å². The average Bonchev–Trinajstić information content (AvgIpc) is 2.98. The van der Waals surface area contributed by atoms with Gasteiger partial charge < -0.3 is 11.1 Å². The second kappa shape index (κ2) is 7.19. The highest BCUT2D eigenvalue weighted by Gasteiger charge is 2.05. The van der Waals surface area contributed by atoms with Crippen LogP contribution in [0, 0.1) is 5.82 Å². The number of nitrogens with one attached hydrogen (secondary N) is 1. The second-order valence-corrected chi connectivity index (χ2v) is 6.21. The zero-order chi connectivity index (χ0) is 16.1. The number of hydrogen-bond acceptors (Lipinski definition) is 5. The van der Waals surface area contributed by atoms with E-state index in [1.54, 1.807) is 12.1 Å². The normalized spacial score (nSPS) is 10.7. The van der Waals surface area contributed by atoms with E-state index in [9.17, 15) is 4.39 Å². The summed E-state index contributed by atoms with van der Waals surface area (Å²) >= 11 is 1.43. The highest BCUT2D eigenvalue weighted by molar-refractivity contribution is 7.15. The van der Waals surface area contributed by atoms with Crippen molar-refractivity contribution in [3.63, 3.8) is 0 Å². The molecule has 118 valence electrons. The summed E-state index contributed by atoms with van der Waals surface area (Å²) in [6.07, 6.45) is 1.78. The van der Waals surface area contributed by atoms with E-state index >= 15 is 0 Å². The van der Waals surface area contributed by atoms with Crippen molar-refractivity contribution in [1.82, 2.24) is 10.2 Å². The molecule has 4 nitrogen and oxygen atoms in total. The fraction of sp³-hybridized carbons (Fsp3) is 0.176. The van der Waals surface area contributed by atoms with Crippen LogP contribution in [-0.2, 0) is 6.42 Å². The fourth-order valence-electron chi connectivity index (χ4n) is 2.35. The smallest absolute Gasteiger partial charge is 0.203 e. The van der Waals surface area contributed by atoms with E-state index in [1.165, 1.54) is 23.5 Å². The zero-order valence-electron chi connectivity index (χ0n) is 12.5. The highest BCUT2D eigenvalue weighted by Crippen LogP contribution is 2.28. The first-order valence-corrected chi connectivity index (χ1v) is 8.21. The lowest BCUT2D eigenvalue weighted by Crippen LogP contribution is -2.04. The number of rotatable bonds is 6. The van der Waals surface area contributed by atoms with Gasteiger partial charge in [0.05, 0.1) is 0 Å². The monoisotopic (exact) mass is 328 g/mol. The summed E-state index contributed by atoms with van der Waals surface area (Å²) in [5.41, 5.74) is 8.66. The van der Waals surface area contributed by atoms with E-state index in [1.807, 2.05) is 24.3 Å². The third kappa shape index (κ3) is 4.04. The van der Waals surface area contributed by atoms with Crippen LogP contribution in [0.15, 0.2) is 48.5 Å². The number of para-hydroxylation sites is 1. The summed E-state index contributed by atoms with van der Waals surface area (Å²) in [6.45, 7) is 0.817. The number of nitrogen functional groups attached to an aromatic ring is 1. The van der Waals surface area contributed by atoms with Gasteiger partial charge in [-0.2, -0.15) is 0 Å². The van der Waals surface area contributed by atoms with Crippen molar-refractivity contribution in [2.24, 2.45) is 0 Å². The van der Waals surface area contributed by atoms with Gasteiger partial charge in [-0.1, -0.05) is 41.7 Å². The summed E-state index contributed by atoms with van der Waals surface area (Å²) in [6, 6.07) is 14.6. The number of hydrogen-bond donors (Lipinski definition) is 2. The molecule has 6 heteroatoms. The Kier molecular flexibility index (Phi) is 4.83. The Morgan fingerprint density at radius 2 is 1.83 bits per heavy atom. The van der Waals surface area contributed by atoms with Crippen molar-refractivity contribution in [1.29, 1.82) is 0 Å². The molecule has 0 saturated carbocycles. The Morgan fingerprint density at radius 1 is 1.04 bits per heavy atom. The molecule has 1 aromatic heterocycles. The van der Waals surface area contributed by atoms with E-state index in [0.717, 1.165) is 41.2 Å². The van der Waals surface area contributed by atoms with Crippen molar-refractivity contribution >= 4 is 22.2 Å². The topological polar surface area (TPSA) is 63.8 Å². The van der Waals surface area contributed by atoms with Crippen molar-refractivity contribution in [3.05, 3.63) is 59.4 Å². The fourth-order valence-corrected chi connectivity index (χ4v) is 3.00. The first-order valence-electron chi connectivity index (χ1n) is 7.39. The molecule has 0 saturated heterocycles. The minimum absolute atomic E-state index is 0.226. The van der Waals surface area contributed by atoms with Gasteiger partial charge in [0, 0.05) is 24.2 Å². The van der Waals surface area contributed by atoms with Gasteiger partial charge in [0.2, 0.25) is 5.13 Å². The molecule has 0 aliphatic heterocycles. The lowest BCUT2D eigenvalue weighted by atomic mass is 10.0. The van der Waals surface area contributed by atoms with Gasteiger partial charge in [0.15, 0.2) is 0 Å². The van der Waals surface area contributed by atoms with Crippen molar-refractivity contribution in [3.8, 4) is 11.1 Å². The van der Waals surface area contributed by atoms with Gasteiger partial charge in [0.25, 0.3) is 0 Å². The first-order chi connectivity index (χ1) is 11.2. The van der Waals surface area contributed by atoms with Gasteiger partial charge in [-0.3, -0.25) is 0 Å². The lowest BCUT2D eigenvalue weighted by Gasteiger charge is -2.12. The molecule has 3 rings (SSSR count). The summed E-state index contributed by atoms with van der Waals surface area (Å²) < 4.78 is 13.1. The van der Waals surface area contributed by atoms with Crippen LogP contribution < -0.4 is 11.1 Å². The molecule has 0 amide bonds. The Balaban J connectivity index is 1.63. The maximum atomic E-state index is 13.1. The van der Waals surface area contributed by atoms with Gasteiger partial charge in [0.1, 0.15) is 10.8 Å². The number of anilines is 2. The lowest BCUT2D eigenvalue weighted by molar-refractivity contribution is 0.628. The van der Waals surface area contributed by atoms with Crippen LogP contribution in [-0.4, -0.2) is 16.7 Å². The standard InChI is InChI=1S/C17H17FN4S/c18-13-9-7-12(8-10-13)14-4-1-2-5-15(14)20-11-3-6-16-21-22-17(19)23-16/h1-2,4-5,7-10,20H,3,6,11H2,(H2,19,22). The van der Waals surface area contributed by atoms with Crippen molar-refractivity contribution in [2.75, 3.05) is 17.6 Å². The number of nitrogens with two attached hydrogens (primary N) is 1. The molecule has 23 heavy (non-hydrogen) atoms. The molecule has 2 aromatic carbocycles. The highest BCUT2D eigenvalue weighted by atomic mass is 32.1. The molecule has 3 N–H and O–H groups in total. The molecule has 0 atom stereocenters. The van der Waals surface area contributed by atoms with Crippen LogP contribution in [0.2, 0.25) is 0 Å². The van der Waals surface area contributed by atoms with Crippen molar-refractivity contribution < 1.29 is 4.39 Å². The minimum Gasteiger partial charge on any atom is -0.385 e. The summed E-state index contributed by atoms with van der Waals surface area (Å²) in [5, 5.41) is 12.7. The molecule has 1 heterocycles. The predicted octanol–water partition coefficient (Wildman–Crippen LogP) is 3.97. The number of halogens is 1. The maximum absolute atomic E-state index is 13.1. The minimum atomic E-state index is -0.226. The maximum Gasteiger partial charge on any atom is 0.203 e. The van der Waals surface area contributed by atoms with E-state index in [4.69, 9.17) is 5.73 Å². The molecule has 0 unspecified atom stereocenters. The van der Waals surface area contributed by atoms with Gasteiger partial charge in [-0.05, 0) is 30.2 Å². The first kappa shape index (κ1) is 15.4. The summed E-state index contributed by atoms with van der Waals surface area (Å²) in [7, 11) is 0. The molecular weight excluding hydrogens is 311 g/mol. The Bertz CT molecular complexity index is 770. The van der Waals surface area contributed by atoms with Gasteiger partial charge in [-0.25, -0.2) is 4.39 Å². The van der Waals surface area contributed by atoms with Crippen LogP contribution in [0.5, 0.6) is 0 Å². The third-order valence-electron chi connectivity index (χ3n) is 3.45. The molecule has 0 bridgehead atoms. The Labute approximate surface area is 138 Å². The number of nitrogens with zero attached hydrogens (tertiary/aromatic N) is 2. The van der Waals surface area contributed by atoms with Crippen LogP contribution in [0.25, 0.3) is 11.1 Å². The molecule has 0 radical (unpaired) electrons. The van der Waals surface area contributed by atoms with Crippen LogP contribution >= 0.6 is 11.3 Å². The molecular formula is C17H17FN4S. The van der Waals surface area contributed by atoms with E-state index in [-0.39, 0.29) is 5.82 Å². The summed E-state index contributed by atoms with van der Waals surface area (Å²) in [5.74, 6) is -0.226. The Hall–Kier alpha value is -2.47. The molecule has 0 spiro atoms. The van der Waals surface area contributed by atoms with Crippen LogP contribution in [0.1, 0.15) is 11.4 Å². The van der Waals surface area contributed by atoms with E-state index < -0.39 is 0 Å². The average molecular weight is 328 g/mol. The molecule has 3 aromatic rings. The molecule has 0 fully saturated rings. The number of aromatic nitrogens is 2. The third-order valence-corrected chi connectivity index (χ3v) is 4.26. The SMILES string of the molecule is Nc1nnc(CCCNc2ccccc2-c2ccc(F)cc2)s1. The predicted molar refractivity (Wildman–Crippen MR) is 93.0 cm³/mol.